The van der Waals surface area contributed by atoms with Gasteiger partial charge in [-0.2, -0.15) is 0 Å². The number of rotatable bonds is 7. The predicted molar refractivity (Wildman–Crippen MR) is 83.7 cm³/mol. The molecule has 0 bridgehead atoms. The van der Waals surface area contributed by atoms with Crippen molar-refractivity contribution < 1.29 is 9.53 Å². The van der Waals surface area contributed by atoms with E-state index in [9.17, 15) is 4.79 Å². The summed E-state index contributed by atoms with van der Waals surface area (Å²) in [4.78, 5) is 13.1. The molecule has 0 saturated heterocycles. The van der Waals surface area contributed by atoms with Crippen LogP contribution in [0, 0.1) is 0 Å². The molecule has 0 N–H and O–H groups in total. The lowest BCUT2D eigenvalue weighted by atomic mass is 10.1. The summed E-state index contributed by atoms with van der Waals surface area (Å²) in [5.41, 5.74) is 0.801. The van der Waals surface area contributed by atoms with Gasteiger partial charge >= 0.3 is 0 Å². The van der Waals surface area contributed by atoms with E-state index >= 15 is 0 Å². The van der Waals surface area contributed by atoms with Gasteiger partial charge in [0.1, 0.15) is 5.75 Å². The number of ether oxygens (including phenoxy) is 1. The van der Waals surface area contributed by atoms with Gasteiger partial charge in [0.2, 0.25) is 0 Å². The van der Waals surface area contributed by atoms with E-state index in [0.29, 0.717) is 6.42 Å². The maximum atomic E-state index is 11.9. The molecule has 0 aliphatic rings. The van der Waals surface area contributed by atoms with E-state index in [4.69, 9.17) is 4.74 Å². The predicted octanol–water partition coefficient (Wildman–Crippen LogP) is 4.45. The first-order valence-corrected chi connectivity index (χ1v) is 7.64. The molecule has 0 amide bonds. The maximum Gasteiger partial charge on any atom is 0.162 e. The number of para-hydroxylation sites is 1. The van der Waals surface area contributed by atoms with Crippen molar-refractivity contribution in [3.8, 4) is 5.75 Å². The first-order chi connectivity index (χ1) is 9.81. The minimum Gasteiger partial charge on any atom is -0.496 e. The Kier molecular flexibility index (Phi) is 5.69. The zero-order valence-electron chi connectivity index (χ0n) is 11.5. The van der Waals surface area contributed by atoms with E-state index in [1.807, 2.05) is 54.6 Å². The van der Waals surface area contributed by atoms with Crippen LogP contribution in [0.5, 0.6) is 5.75 Å². The molecule has 0 aliphatic carbocycles. The van der Waals surface area contributed by atoms with Crippen LogP contribution in [0.15, 0.2) is 59.5 Å². The molecule has 2 nitrogen and oxygen atoms in total. The molecule has 0 fully saturated rings. The van der Waals surface area contributed by atoms with Gasteiger partial charge in [0.15, 0.2) is 5.78 Å². The number of thioether (sulfide) groups is 1. The quantitative estimate of drug-likeness (QED) is 0.427. The van der Waals surface area contributed by atoms with Crippen LogP contribution in [0.4, 0.5) is 0 Å². The summed E-state index contributed by atoms with van der Waals surface area (Å²) < 4.78 is 5.31. The summed E-state index contributed by atoms with van der Waals surface area (Å²) in [5, 5.41) is 0. The van der Waals surface area contributed by atoms with E-state index in [1.165, 1.54) is 0 Å². The Labute approximate surface area is 124 Å². The van der Waals surface area contributed by atoms with E-state index in [-0.39, 0.29) is 5.78 Å². The first-order valence-electron chi connectivity index (χ1n) is 6.65. The molecular formula is C17H18O2S. The van der Waals surface area contributed by atoms with Gasteiger partial charge in [-0.15, -0.1) is 11.8 Å². The minimum atomic E-state index is 0.214. The van der Waals surface area contributed by atoms with Crippen molar-refractivity contribution in [1.82, 2.24) is 0 Å². The van der Waals surface area contributed by atoms with Crippen molar-refractivity contribution in [3.63, 3.8) is 0 Å². The molecule has 2 rings (SSSR count). The van der Waals surface area contributed by atoms with Crippen LogP contribution in [0.25, 0.3) is 0 Å². The summed E-state index contributed by atoms with van der Waals surface area (Å²) in [5.74, 6) is 2.02. The van der Waals surface area contributed by atoms with Crippen molar-refractivity contribution in [3.05, 3.63) is 60.2 Å². The normalized spacial score (nSPS) is 10.2. The number of carbonyl (C=O) groups is 1. The second-order valence-electron chi connectivity index (χ2n) is 4.39. The van der Waals surface area contributed by atoms with Crippen molar-refractivity contribution >= 4 is 17.5 Å². The van der Waals surface area contributed by atoms with Gasteiger partial charge in [0, 0.05) is 16.9 Å². The van der Waals surface area contributed by atoms with Crippen LogP contribution < -0.4 is 4.74 Å². The average Bonchev–Trinajstić information content (AvgIpc) is 2.52. The van der Waals surface area contributed by atoms with Crippen molar-refractivity contribution in [2.24, 2.45) is 0 Å². The summed E-state index contributed by atoms with van der Waals surface area (Å²) in [6.45, 7) is 0. The standard InChI is InChI=1S/C17H18O2S/c1-19-16-11-5-6-12-17(16)20-13-7-10-15(18)14-8-3-2-4-9-14/h2-6,8-9,11-12H,7,10,13H2,1H3. The molecule has 0 heterocycles. The fraction of sp³-hybridized carbons (Fsp3) is 0.235. The van der Waals surface area contributed by atoms with Gasteiger partial charge in [-0.1, -0.05) is 42.5 Å². The third-order valence-corrected chi connectivity index (χ3v) is 4.11. The van der Waals surface area contributed by atoms with Crippen molar-refractivity contribution in [2.45, 2.75) is 17.7 Å². The summed E-state index contributed by atoms with van der Waals surface area (Å²) in [6.07, 6.45) is 1.46. The highest BCUT2D eigenvalue weighted by atomic mass is 32.2. The maximum absolute atomic E-state index is 11.9. The van der Waals surface area contributed by atoms with Crippen LogP contribution in [0.2, 0.25) is 0 Å². The molecule has 104 valence electrons. The SMILES string of the molecule is COc1ccccc1SCCCC(=O)c1ccccc1. The zero-order valence-corrected chi connectivity index (χ0v) is 12.4. The first kappa shape index (κ1) is 14.7. The largest absolute Gasteiger partial charge is 0.496 e. The Balaban J connectivity index is 1.78. The molecule has 0 atom stereocenters. The number of hydrogen-bond acceptors (Lipinski definition) is 3. The Morgan fingerprint density at radius 3 is 2.50 bits per heavy atom. The van der Waals surface area contributed by atoms with Crippen LogP contribution in [0.3, 0.4) is 0 Å². The Morgan fingerprint density at radius 1 is 1.05 bits per heavy atom. The average molecular weight is 286 g/mol. The number of hydrogen-bond donors (Lipinski definition) is 0. The Bertz CT molecular complexity index is 552. The van der Waals surface area contributed by atoms with E-state index in [0.717, 1.165) is 28.4 Å². The van der Waals surface area contributed by atoms with E-state index in [2.05, 4.69) is 0 Å². The van der Waals surface area contributed by atoms with Gasteiger partial charge < -0.3 is 4.74 Å². The molecule has 0 unspecified atom stereocenters. The van der Waals surface area contributed by atoms with E-state index in [1.54, 1.807) is 18.9 Å². The number of ketones is 1. The van der Waals surface area contributed by atoms with Crippen LogP contribution >= 0.6 is 11.8 Å². The lowest BCUT2D eigenvalue weighted by Gasteiger charge is -2.07. The topological polar surface area (TPSA) is 26.3 Å². The number of Topliss-reactive ketones (excluding diaryl/α,β-unsaturated/α-hetero) is 1. The number of carbonyl (C=O) groups excluding carboxylic acids is 1. The number of methoxy groups -OCH3 is 1. The molecular weight excluding hydrogens is 268 g/mol. The fourth-order valence-electron chi connectivity index (χ4n) is 1.92. The molecule has 2 aromatic rings. The lowest BCUT2D eigenvalue weighted by Crippen LogP contribution is -1.99. The second kappa shape index (κ2) is 7.75. The highest BCUT2D eigenvalue weighted by Gasteiger charge is 2.06. The summed E-state index contributed by atoms with van der Waals surface area (Å²) >= 11 is 1.73. The third-order valence-electron chi connectivity index (χ3n) is 2.97. The molecule has 0 spiro atoms. The molecule has 20 heavy (non-hydrogen) atoms. The number of benzene rings is 2. The van der Waals surface area contributed by atoms with Crippen LogP contribution in [-0.4, -0.2) is 18.6 Å². The molecule has 2 aromatic carbocycles. The van der Waals surface area contributed by atoms with E-state index < -0.39 is 0 Å². The highest BCUT2D eigenvalue weighted by Crippen LogP contribution is 2.29. The monoisotopic (exact) mass is 286 g/mol. The van der Waals surface area contributed by atoms with Gasteiger partial charge in [-0.25, -0.2) is 0 Å². The lowest BCUT2D eigenvalue weighted by molar-refractivity contribution is 0.0982. The van der Waals surface area contributed by atoms with Crippen LogP contribution in [-0.2, 0) is 0 Å². The van der Waals surface area contributed by atoms with Gasteiger partial charge in [0.25, 0.3) is 0 Å². The smallest absolute Gasteiger partial charge is 0.162 e. The molecule has 0 aromatic heterocycles. The molecule has 3 heteroatoms. The second-order valence-corrected chi connectivity index (χ2v) is 5.53. The Hall–Kier alpha value is -1.74. The molecule has 0 saturated carbocycles. The third kappa shape index (κ3) is 4.14. The van der Waals surface area contributed by atoms with Crippen molar-refractivity contribution in [2.75, 3.05) is 12.9 Å². The zero-order chi connectivity index (χ0) is 14.2. The summed E-state index contributed by atoms with van der Waals surface area (Å²) in [7, 11) is 1.68. The Morgan fingerprint density at radius 2 is 1.75 bits per heavy atom. The highest BCUT2D eigenvalue weighted by molar-refractivity contribution is 7.99. The fourth-order valence-corrected chi connectivity index (χ4v) is 2.90. The minimum absolute atomic E-state index is 0.214. The van der Waals surface area contributed by atoms with Gasteiger partial charge in [0.05, 0.1) is 7.11 Å². The van der Waals surface area contributed by atoms with Gasteiger partial charge in [-0.05, 0) is 24.3 Å². The van der Waals surface area contributed by atoms with Gasteiger partial charge in [-0.3, -0.25) is 4.79 Å². The summed E-state index contributed by atoms with van der Waals surface area (Å²) in [6, 6.07) is 17.4. The van der Waals surface area contributed by atoms with Crippen LogP contribution in [0.1, 0.15) is 23.2 Å². The van der Waals surface area contributed by atoms with Crippen molar-refractivity contribution in [1.29, 1.82) is 0 Å². The molecule has 0 aliphatic heterocycles. The molecule has 0 radical (unpaired) electrons.